The minimum absolute atomic E-state index is 0.206. The van der Waals surface area contributed by atoms with Crippen LogP contribution in [-0.4, -0.2) is 40.5 Å². The fourth-order valence-electron chi connectivity index (χ4n) is 2.09. The summed E-state index contributed by atoms with van der Waals surface area (Å²) in [6, 6.07) is 9.58. The van der Waals surface area contributed by atoms with Gasteiger partial charge in [0, 0.05) is 18.8 Å². The van der Waals surface area contributed by atoms with Gasteiger partial charge < -0.3 is 10.0 Å². The summed E-state index contributed by atoms with van der Waals surface area (Å²) < 4.78 is 0. The fraction of sp³-hybridized carbons (Fsp3) is 0.500. The average molecular weight is 265 g/mol. The molecule has 4 heteroatoms. The first-order chi connectivity index (χ1) is 8.77. The van der Waals surface area contributed by atoms with Crippen LogP contribution in [0.15, 0.2) is 30.3 Å². The summed E-state index contributed by atoms with van der Waals surface area (Å²) in [5.41, 5.74) is 0.915. The van der Waals surface area contributed by atoms with E-state index in [4.69, 9.17) is 0 Å². The van der Waals surface area contributed by atoms with E-state index in [2.05, 4.69) is 0 Å². The number of benzene rings is 1. The Bertz CT molecular complexity index is 377. The summed E-state index contributed by atoms with van der Waals surface area (Å²) >= 11 is 1.51. The van der Waals surface area contributed by atoms with Crippen molar-refractivity contribution in [2.75, 3.05) is 24.6 Å². The van der Waals surface area contributed by atoms with Gasteiger partial charge in [-0.1, -0.05) is 30.3 Å². The molecule has 0 spiro atoms. The van der Waals surface area contributed by atoms with E-state index in [0.29, 0.717) is 11.5 Å². The third-order valence-electron chi connectivity index (χ3n) is 3.14. The molecule has 0 saturated carbocycles. The highest BCUT2D eigenvalue weighted by Crippen LogP contribution is 2.18. The minimum atomic E-state index is -0.484. The van der Waals surface area contributed by atoms with Gasteiger partial charge in [0.15, 0.2) is 0 Å². The summed E-state index contributed by atoms with van der Waals surface area (Å²) in [5.74, 6) is 1.26. The summed E-state index contributed by atoms with van der Waals surface area (Å²) in [6.45, 7) is 1.81. The van der Waals surface area contributed by atoms with Crippen LogP contribution in [0.3, 0.4) is 0 Å². The monoisotopic (exact) mass is 265 g/mol. The Labute approximate surface area is 112 Å². The summed E-state index contributed by atoms with van der Waals surface area (Å²) in [4.78, 5) is 13.7. The molecule has 1 aromatic rings. The highest BCUT2D eigenvalue weighted by Gasteiger charge is 2.18. The molecule has 1 amide bonds. The average Bonchev–Trinajstić information content (AvgIpc) is 2.93. The van der Waals surface area contributed by atoms with Gasteiger partial charge in [0.2, 0.25) is 5.91 Å². The first kappa shape index (κ1) is 13.4. The lowest BCUT2D eigenvalue weighted by Crippen LogP contribution is -2.29. The van der Waals surface area contributed by atoms with Crippen molar-refractivity contribution < 1.29 is 9.90 Å². The molecule has 0 aromatic heterocycles. The molecule has 98 valence electrons. The van der Waals surface area contributed by atoms with Crippen molar-refractivity contribution in [3.05, 3.63) is 35.9 Å². The molecule has 1 aliphatic rings. The third kappa shape index (κ3) is 3.75. The van der Waals surface area contributed by atoms with Crippen LogP contribution >= 0.6 is 11.8 Å². The zero-order valence-corrected chi connectivity index (χ0v) is 11.2. The molecular formula is C14H19NO2S. The van der Waals surface area contributed by atoms with E-state index in [-0.39, 0.29) is 5.91 Å². The van der Waals surface area contributed by atoms with Crippen molar-refractivity contribution in [3.63, 3.8) is 0 Å². The predicted octanol–water partition coefficient (Wildman–Crippen LogP) is 2.08. The molecule has 1 saturated heterocycles. The van der Waals surface area contributed by atoms with Gasteiger partial charge >= 0.3 is 0 Å². The maximum Gasteiger partial charge on any atom is 0.232 e. The van der Waals surface area contributed by atoms with Gasteiger partial charge in [-0.25, -0.2) is 0 Å². The Morgan fingerprint density at radius 3 is 2.61 bits per heavy atom. The van der Waals surface area contributed by atoms with Crippen molar-refractivity contribution in [2.24, 2.45) is 0 Å². The van der Waals surface area contributed by atoms with E-state index in [1.165, 1.54) is 11.8 Å². The molecule has 0 aliphatic carbocycles. The predicted molar refractivity (Wildman–Crippen MR) is 74.5 cm³/mol. The number of thioether (sulfide) groups is 1. The van der Waals surface area contributed by atoms with Crippen molar-refractivity contribution in [3.8, 4) is 0 Å². The standard InChI is InChI=1S/C14H19NO2S/c16-13(12-6-2-1-3-7-12)10-18-11-14(17)15-8-4-5-9-15/h1-3,6-7,13,16H,4-5,8-11H2. The Kier molecular flexibility index (Phi) is 5.08. The lowest BCUT2D eigenvalue weighted by Gasteiger charge is -2.15. The molecule has 1 fully saturated rings. The van der Waals surface area contributed by atoms with Gasteiger partial charge in [0.25, 0.3) is 0 Å². The Hall–Kier alpha value is -1.00. The van der Waals surface area contributed by atoms with Gasteiger partial charge in [-0.3, -0.25) is 4.79 Å². The summed E-state index contributed by atoms with van der Waals surface area (Å²) in [7, 11) is 0. The molecule has 1 unspecified atom stereocenters. The number of hydrogen-bond acceptors (Lipinski definition) is 3. The van der Waals surface area contributed by atoms with E-state index in [0.717, 1.165) is 31.5 Å². The van der Waals surface area contributed by atoms with Crippen LogP contribution in [0.2, 0.25) is 0 Å². The van der Waals surface area contributed by atoms with Crippen molar-refractivity contribution in [1.82, 2.24) is 4.90 Å². The van der Waals surface area contributed by atoms with Crippen LogP contribution in [0, 0.1) is 0 Å². The number of carbonyl (C=O) groups excluding carboxylic acids is 1. The summed E-state index contributed by atoms with van der Waals surface area (Å²) in [6.07, 6.45) is 1.77. The summed E-state index contributed by atoms with van der Waals surface area (Å²) in [5, 5.41) is 9.95. The highest BCUT2D eigenvalue weighted by atomic mass is 32.2. The number of nitrogens with zero attached hydrogens (tertiary/aromatic N) is 1. The molecule has 1 aliphatic heterocycles. The quantitative estimate of drug-likeness (QED) is 0.886. The third-order valence-corrected chi connectivity index (χ3v) is 4.15. The molecule has 1 aromatic carbocycles. The van der Waals surface area contributed by atoms with Crippen LogP contribution in [0.5, 0.6) is 0 Å². The molecule has 1 atom stereocenters. The number of hydrogen-bond donors (Lipinski definition) is 1. The van der Waals surface area contributed by atoms with E-state index in [1.807, 2.05) is 35.2 Å². The van der Waals surface area contributed by atoms with Crippen LogP contribution in [0.1, 0.15) is 24.5 Å². The normalized spacial score (nSPS) is 16.8. The SMILES string of the molecule is O=C(CSCC(O)c1ccccc1)N1CCCC1. The minimum Gasteiger partial charge on any atom is -0.388 e. The molecule has 18 heavy (non-hydrogen) atoms. The molecule has 0 radical (unpaired) electrons. The second-order valence-electron chi connectivity index (χ2n) is 4.53. The van der Waals surface area contributed by atoms with Gasteiger partial charge in [0.1, 0.15) is 0 Å². The lowest BCUT2D eigenvalue weighted by atomic mass is 10.1. The second kappa shape index (κ2) is 6.81. The van der Waals surface area contributed by atoms with E-state index >= 15 is 0 Å². The smallest absolute Gasteiger partial charge is 0.232 e. The van der Waals surface area contributed by atoms with Crippen LogP contribution < -0.4 is 0 Å². The Morgan fingerprint density at radius 1 is 1.28 bits per heavy atom. The molecule has 2 rings (SSSR count). The maximum atomic E-state index is 11.8. The van der Waals surface area contributed by atoms with Gasteiger partial charge in [0.05, 0.1) is 11.9 Å². The Morgan fingerprint density at radius 2 is 1.94 bits per heavy atom. The molecule has 1 N–H and O–H groups in total. The topological polar surface area (TPSA) is 40.5 Å². The van der Waals surface area contributed by atoms with E-state index < -0.39 is 6.10 Å². The number of aliphatic hydroxyl groups excluding tert-OH is 1. The van der Waals surface area contributed by atoms with Crippen LogP contribution in [-0.2, 0) is 4.79 Å². The highest BCUT2D eigenvalue weighted by molar-refractivity contribution is 7.99. The second-order valence-corrected chi connectivity index (χ2v) is 5.56. The van der Waals surface area contributed by atoms with Gasteiger partial charge in [-0.05, 0) is 18.4 Å². The largest absolute Gasteiger partial charge is 0.388 e. The van der Waals surface area contributed by atoms with Crippen molar-refractivity contribution >= 4 is 17.7 Å². The number of amides is 1. The number of likely N-dealkylation sites (tertiary alicyclic amines) is 1. The first-order valence-corrected chi connectivity index (χ1v) is 7.51. The van der Waals surface area contributed by atoms with Crippen molar-refractivity contribution in [1.29, 1.82) is 0 Å². The molecule has 3 nitrogen and oxygen atoms in total. The van der Waals surface area contributed by atoms with Crippen molar-refractivity contribution in [2.45, 2.75) is 18.9 Å². The zero-order chi connectivity index (χ0) is 12.8. The molecular weight excluding hydrogens is 246 g/mol. The van der Waals surface area contributed by atoms with Gasteiger partial charge in [-0.2, -0.15) is 0 Å². The number of rotatable bonds is 5. The lowest BCUT2D eigenvalue weighted by molar-refractivity contribution is -0.127. The zero-order valence-electron chi connectivity index (χ0n) is 10.4. The first-order valence-electron chi connectivity index (χ1n) is 6.36. The van der Waals surface area contributed by atoms with Crippen LogP contribution in [0.4, 0.5) is 0 Å². The molecule has 1 heterocycles. The Balaban J connectivity index is 1.70. The van der Waals surface area contributed by atoms with Crippen LogP contribution in [0.25, 0.3) is 0 Å². The van der Waals surface area contributed by atoms with E-state index in [1.54, 1.807) is 0 Å². The maximum absolute atomic E-state index is 11.8. The van der Waals surface area contributed by atoms with Gasteiger partial charge in [-0.15, -0.1) is 11.8 Å². The fourth-order valence-corrected chi connectivity index (χ4v) is 2.98. The van der Waals surface area contributed by atoms with E-state index in [9.17, 15) is 9.90 Å². The number of aliphatic hydroxyl groups is 1. The number of carbonyl (C=O) groups is 1. The molecule has 0 bridgehead atoms.